The van der Waals surface area contributed by atoms with Crippen LogP contribution in [0.15, 0.2) is 33.4 Å². The Balaban J connectivity index is 2.09. The molecule has 0 saturated heterocycles. The molecule has 2 rings (SSSR count). The molecule has 0 radical (unpaired) electrons. The van der Waals surface area contributed by atoms with Crippen LogP contribution >= 0.6 is 15.9 Å². The van der Waals surface area contributed by atoms with Crippen LogP contribution in [0.3, 0.4) is 0 Å². The number of carboxylic acids is 1. The number of aromatic nitrogens is 1. The molecule has 18 heavy (non-hydrogen) atoms. The molecular formula is C11H8BrFN2O3. The maximum Gasteiger partial charge on any atom is 0.341 e. The minimum atomic E-state index is -1.10. The van der Waals surface area contributed by atoms with E-state index < -0.39 is 5.97 Å². The fourth-order valence-electron chi connectivity index (χ4n) is 1.35. The smallest absolute Gasteiger partial charge is 0.341 e. The Morgan fingerprint density at radius 3 is 3.00 bits per heavy atom. The van der Waals surface area contributed by atoms with Crippen molar-refractivity contribution in [2.24, 2.45) is 0 Å². The van der Waals surface area contributed by atoms with E-state index in [-0.39, 0.29) is 23.7 Å². The van der Waals surface area contributed by atoms with Crippen LogP contribution < -0.4 is 5.32 Å². The zero-order valence-corrected chi connectivity index (χ0v) is 10.6. The monoisotopic (exact) mass is 314 g/mol. The third-order valence-corrected chi connectivity index (χ3v) is 2.86. The van der Waals surface area contributed by atoms with Gasteiger partial charge in [0.15, 0.2) is 5.76 Å². The normalized spacial score (nSPS) is 10.3. The van der Waals surface area contributed by atoms with Gasteiger partial charge in [0.25, 0.3) is 0 Å². The van der Waals surface area contributed by atoms with Crippen LogP contribution in [0.2, 0.25) is 0 Å². The first-order chi connectivity index (χ1) is 8.58. The summed E-state index contributed by atoms with van der Waals surface area (Å²) < 4.78 is 18.1. The van der Waals surface area contributed by atoms with E-state index in [2.05, 4.69) is 26.4 Å². The molecule has 0 unspecified atom stereocenters. The van der Waals surface area contributed by atoms with E-state index in [1.165, 1.54) is 12.1 Å². The lowest BCUT2D eigenvalue weighted by molar-refractivity contribution is 0.0694. The van der Waals surface area contributed by atoms with Crippen molar-refractivity contribution in [2.75, 3.05) is 5.32 Å². The van der Waals surface area contributed by atoms with Gasteiger partial charge in [0.2, 0.25) is 0 Å². The number of benzene rings is 1. The number of aromatic carboxylic acids is 1. The van der Waals surface area contributed by atoms with Crippen molar-refractivity contribution in [2.45, 2.75) is 6.54 Å². The van der Waals surface area contributed by atoms with Gasteiger partial charge in [0.1, 0.15) is 11.4 Å². The van der Waals surface area contributed by atoms with Crippen molar-refractivity contribution in [3.05, 3.63) is 46.0 Å². The van der Waals surface area contributed by atoms with Crippen LogP contribution in [0.4, 0.5) is 10.1 Å². The molecule has 7 heteroatoms. The van der Waals surface area contributed by atoms with Crippen molar-refractivity contribution in [1.82, 2.24) is 5.16 Å². The number of hydrogen-bond acceptors (Lipinski definition) is 4. The molecular weight excluding hydrogens is 307 g/mol. The minimum absolute atomic E-state index is 0.00340. The van der Waals surface area contributed by atoms with Gasteiger partial charge in [-0.2, -0.15) is 0 Å². The fourth-order valence-corrected chi connectivity index (χ4v) is 1.73. The van der Waals surface area contributed by atoms with Crippen LogP contribution in [0.25, 0.3) is 0 Å². The molecule has 1 aromatic carbocycles. The summed E-state index contributed by atoms with van der Waals surface area (Å²) in [6.07, 6.45) is 1.14. The Bertz CT molecular complexity index is 585. The first-order valence-corrected chi connectivity index (χ1v) is 5.73. The highest BCUT2D eigenvalue weighted by molar-refractivity contribution is 9.10. The maximum absolute atomic E-state index is 13.0. The summed E-state index contributed by atoms with van der Waals surface area (Å²) >= 11 is 3.06. The summed E-state index contributed by atoms with van der Waals surface area (Å²) in [6, 6.07) is 4.38. The Morgan fingerprint density at radius 2 is 2.33 bits per heavy atom. The van der Waals surface area contributed by atoms with E-state index in [9.17, 15) is 9.18 Å². The Kier molecular flexibility index (Phi) is 3.61. The van der Waals surface area contributed by atoms with E-state index in [1.807, 2.05) is 0 Å². The summed E-state index contributed by atoms with van der Waals surface area (Å²) in [5.74, 6) is -1.26. The van der Waals surface area contributed by atoms with Crippen molar-refractivity contribution in [1.29, 1.82) is 0 Å². The topological polar surface area (TPSA) is 75.4 Å². The first-order valence-electron chi connectivity index (χ1n) is 4.93. The van der Waals surface area contributed by atoms with Gasteiger partial charge in [0, 0.05) is 5.69 Å². The first kappa shape index (κ1) is 12.6. The highest BCUT2D eigenvalue weighted by atomic mass is 79.9. The van der Waals surface area contributed by atoms with E-state index in [4.69, 9.17) is 9.63 Å². The lowest BCUT2D eigenvalue weighted by Crippen LogP contribution is -2.04. The lowest BCUT2D eigenvalue weighted by Gasteiger charge is -2.05. The summed E-state index contributed by atoms with van der Waals surface area (Å²) in [4.78, 5) is 10.8. The molecule has 0 atom stereocenters. The number of rotatable bonds is 4. The zero-order valence-electron chi connectivity index (χ0n) is 8.98. The zero-order chi connectivity index (χ0) is 13.1. The fraction of sp³-hybridized carbons (Fsp3) is 0.0909. The van der Waals surface area contributed by atoms with Gasteiger partial charge in [0.05, 0.1) is 17.2 Å². The molecule has 0 bridgehead atoms. The molecule has 0 spiro atoms. The second kappa shape index (κ2) is 5.18. The predicted molar refractivity (Wildman–Crippen MR) is 64.9 cm³/mol. The average Bonchev–Trinajstić information content (AvgIpc) is 2.79. The molecule has 0 aliphatic carbocycles. The number of hydrogen-bond donors (Lipinski definition) is 2. The third-order valence-electron chi connectivity index (χ3n) is 2.25. The summed E-state index contributed by atoms with van der Waals surface area (Å²) in [7, 11) is 0. The molecule has 5 nitrogen and oxygen atoms in total. The molecule has 0 amide bonds. The second-order valence-corrected chi connectivity index (χ2v) is 4.30. The van der Waals surface area contributed by atoms with Gasteiger partial charge < -0.3 is 14.9 Å². The Hall–Kier alpha value is -1.89. The van der Waals surface area contributed by atoms with Crippen LogP contribution in [0.1, 0.15) is 16.1 Å². The quantitative estimate of drug-likeness (QED) is 0.907. The van der Waals surface area contributed by atoms with Gasteiger partial charge >= 0.3 is 5.97 Å². The van der Waals surface area contributed by atoms with E-state index >= 15 is 0 Å². The number of halogens is 2. The molecule has 0 aliphatic rings. The van der Waals surface area contributed by atoms with Crippen LogP contribution in [0, 0.1) is 5.82 Å². The van der Waals surface area contributed by atoms with Gasteiger partial charge in [-0.05, 0) is 34.1 Å². The molecule has 0 fully saturated rings. The van der Waals surface area contributed by atoms with Crippen molar-refractivity contribution in [3.63, 3.8) is 0 Å². The molecule has 1 heterocycles. The number of carboxylic acid groups (broad SMARTS) is 1. The predicted octanol–water partition coefficient (Wildman–Crippen LogP) is 2.89. The van der Waals surface area contributed by atoms with Crippen LogP contribution in [-0.2, 0) is 6.54 Å². The van der Waals surface area contributed by atoms with Crippen molar-refractivity contribution < 1.29 is 18.8 Å². The standard InChI is InChI=1S/C11H8BrFN2O3/c12-8-3-6(1-2-9(8)13)14-5-10-7(11(16)17)4-15-18-10/h1-4,14H,5H2,(H,16,17). The van der Waals surface area contributed by atoms with Gasteiger partial charge in [-0.25, -0.2) is 9.18 Å². The largest absolute Gasteiger partial charge is 0.478 e. The second-order valence-electron chi connectivity index (χ2n) is 3.45. The number of nitrogens with one attached hydrogen (secondary N) is 1. The summed E-state index contributed by atoms with van der Waals surface area (Å²) in [5, 5.41) is 15.2. The molecule has 0 saturated carbocycles. The van der Waals surface area contributed by atoms with E-state index in [0.717, 1.165) is 6.20 Å². The molecule has 2 aromatic rings. The third kappa shape index (κ3) is 2.67. The van der Waals surface area contributed by atoms with E-state index in [1.54, 1.807) is 6.07 Å². The summed E-state index contributed by atoms with van der Waals surface area (Å²) in [6.45, 7) is 0.152. The van der Waals surface area contributed by atoms with Crippen molar-refractivity contribution in [3.8, 4) is 0 Å². The lowest BCUT2D eigenvalue weighted by atomic mass is 10.2. The molecule has 94 valence electrons. The highest BCUT2D eigenvalue weighted by Crippen LogP contribution is 2.20. The highest BCUT2D eigenvalue weighted by Gasteiger charge is 2.14. The Labute approximate surface area is 110 Å². The number of anilines is 1. The van der Waals surface area contributed by atoms with Crippen LogP contribution in [0.5, 0.6) is 0 Å². The average molecular weight is 315 g/mol. The summed E-state index contributed by atoms with van der Waals surface area (Å²) in [5.41, 5.74) is 0.639. The molecule has 2 N–H and O–H groups in total. The van der Waals surface area contributed by atoms with E-state index in [0.29, 0.717) is 10.2 Å². The number of carbonyl (C=O) groups is 1. The maximum atomic E-state index is 13.0. The number of nitrogens with zero attached hydrogens (tertiary/aromatic N) is 1. The van der Waals surface area contributed by atoms with Gasteiger partial charge in [-0.15, -0.1) is 0 Å². The van der Waals surface area contributed by atoms with Crippen LogP contribution in [-0.4, -0.2) is 16.2 Å². The van der Waals surface area contributed by atoms with Crippen molar-refractivity contribution >= 4 is 27.6 Å². The van der Waals surface area contributed by atoms with Gasteiger partial charge in [-0.3, -0.25) is 0 Å². The minimum Gasteiger partial charge on any atom is -0.478 e. The Morgan fingerprint density at radius 1 is 1.56 bits per heavy atom. The van der Waals surface area contributed by atoms with Gasteiger partial charge in [-0.1, -0.05) is 5.16 Å². The SMILES string of the molecule is O=C(O)c1cnoc1CNc1ccc(F)c(Br)c1. The molecule has 1 aromatic heterocycles. The molecule has 0 aliphatic heterocycles.